The zero-order valence-electron chi connectivity index (χ0n) is 24.3. The summed E-state index contributed by atoms with van der Waals surface area (Å²) >= 11 is 1.39. The SMILES string of the molecule is CC(=O)N(C)C12CC(N3C[C@@H]4CN(CC5=C(C(=O)O)[C@H](c6cccc(F)c6C)N=C(c6nccs6)N5)CCN4C3=O)(C1)C2. The summed E-state index contributed by atoms with van der Waals surface area (Å²) in [5.74, 6) is -1.02. The predicted octanol–water partition coefficient (Wildman–Crippen LogP) is 2.60. The highest BCUT2D eigenvalue weighted by molar-refractivity contribution is 7.11. The molecule has 0 unspecified atom stereocenters. The molecule has 4 heterocycles. The summed E-state index contributed by atoms with van der Waals surface area (Å²) < 4.78 is 14.6. The Kier molecular flexibility index (Phi) is 6.40. The molecule has 8 rings (SSSR count). The molecule has 5 fully saturated rings. The van der Waals surface area contributed by atoms with Gasteiger partial charge in [0.2, 0.25) is 5.91 Å². The van der Waals surface area contributed by atoms with Gasteiger partial charge in [0, 0.05) is 69.5 Å². The van der Waals surface area contributed by atoms with Gasteiger partial charge in [-0.05, 0) is 43.4 Å². The number of carboxylic acid groups (broad SMARTS) is 1. The van der Waals surface area contributed by atoms with Crippen LogP contribution >= 0.6 is 11.3 Å². The first-order valence-corrected chi connectivity index (χ1v) is 15.4. The number of carbonyl (C=O) groups excluding carboxylic acids is 2. The number of thiazole rings is 1. The number of hydrogen-bond acceptors (Lipinski definition) is 8. The molecule has 2 saturated heterocycles. The number of amides is 3. The summed E-state index contributed by atoms with van der Waals surface area (Å²) in [7, 11) is 1.85. The van der Waals surface area contributed by atoms with Gasteiger partial charge in [-0.3, -0.25) is 14.7 Å². The maximum atomic E-state index is 14.6. The zero-order chi connectivity index (χ0) is 30.3. The number of nitrogens with one attached hydrogen (secondary N) is 1. The molecular weight excluding hydrogens is 573 g/mol. The Bertz CT molecular complexity index is 1570. The van der Waals surface area contributed by atoms with Crippen molar-refractivity contribution >= 4 is 35.1 Å². The quantitative estimate of drug-likeness (QED) is 0.496. The van der Waals surface area contributed by atoms with Gasteiger partial charge >= 0.3 is 12.0 Å². The number of aromatic nitrogens is 1. The van der Waals surface area contributed by atoms with Crippen molar-refractivity contribution in [3.63, 3.8) is 0 Å². The van der Waals surface area contributed by atoms with Crippen LogP contribution in [0.2, 0.25) is 0 Å². The minimum Gasteiger partial charge on any atom is -0.478 e. The van der Waals surface area contributed by atoms with Gasteiger partial charge < -0.3 is 25.1 Å². The second kappa shape index (κ2) is 9.84. The molecule has 6 aliphatic rings. The Morgan fingerprint density at radius 3 is 2.67 bits per heavy atom. The number of hydrogen-bond donors (Lipinski definition) is 2. The molecular formula is C30H34FN7O4S. The standard InChI is InChI=1S/C30H34FN7O4S/c1-17-20(5-4-6-21(17)31)24-23(27(40)41)22(33-25(34-24)26-32-7-10-43-26)13-36-8-9-37-19(11-36)12-38(28(37)42)30-14-29(15-30,16-30)35(3)18(2)39/h4-7,10,19,24H,8-9,11-16H2,1-3H3,(H,33,34)(H,40,41)/t19-,24-,29?,30?/m0/s1. The molecule has 3 aliphatic carbocycles. The maximum Gasteiger partial charge on any atom is 0.335 e. The highest BCUT2D eigenvalue weighted by Gasteiger charge is 2.74. The topological polar surface area (TPSA) is 122 Å². The molecule has 0 spiro atoms. The van der Waals surface area contributed by atoms with Crippen LogP contribution in [0.5, 0.6) is 0 Å². The van der Waals surface area contributed by atoms with E-state index in [-0.39, 0.29) is 34.6 Å². The van der Waals surface area contributed by atoms with Crippen LogP contribution in [-0.2, 0) is 9.59 Å². The summed E-state index contributed by atoms with van der Waals surface area (Å²) in [4.78, 5) is 55.3. The van der Waals surface area contributed by atoms with E-state index in [0.29, 0.717) is 60.4 Å². The fourth-order valence-corrected chi connectivity index (χ4v) is 8.35. The Hall–Kier alpha value is -3.84. The van der Waals surface area contributed by atoms with Crippen molar-refractivity contribution in [2.75, 3.05) is 39.8 Å². The first kappa shape index (κ1) is 28.0. The van der Waals surface area contributed by atoms with E-state index in [4.69, 9.17) is 4.99 Å². The number of urea groups is 1. The molecule has 43 heavy (non-hydrogen) atoms. The molecule has 13 heteroatoms. The van der Waals surface area contributed by atoms with E-state index in [2.05, 4.69) is 15.2 Å². The summed E-state index contributed by atoms with van der Waals surface area (Å²) in [6.07, 6.45) is 4.14. The van der Waals surface area contributed by atoms with Gasteiger partial charge in [-0.1, -0.05) is 12.1 Å². The van der Waals surface area contributed by atoms with Gasteiger partial charge in [-0.2, -0.15) is 0 Å². The van der Waals surface area contributed by atoms with Crippen LogP contribution in [0.3, 0.4) is 0 Å². The number of halogens is 1. The van der Waals surface area contributed by atoms with Crippen LogP contribution in [0.1, 0.15) is 48.4 Å². The first-order valence-electron chi connectivity index (χ1n) is 14.5. The Balaban J connectivity index is 1.12. The third-order valence-electron chi connectivity index (χ3n) is 10.1. The Morgan fingerprint density at radius 2 is 2.00 bits per heavy atom. The summed E-state index contributed by atoms with van der Waals surface area (Å²) in [5, 5.41) is 16.1. The lowest BCUT2D eigenvalue weighted by molar-refractivity contribution is -0.209. The number of piperazine rings is 1. The zero-order valence-corrected chi connectivity index (χ0v) is 25.2. The van der Waals surface area contributed by atoms with E-state index in [1.165, 1.54) is 17.4 Å². The Labute approximate surface area is 252 Å². The number of rotatable bonds is 7. The van der Waals surface area contributed by atoms with Gasteiger partial charge in [0.15, 0.2) is 10.8 Å². The number of fused-ring (bicyclic) bond motifs is 1. The first-order chi connectivity index (χ1) is 20.5. The number of carbonyl (C=O) groups is 3. The second-order valence-corrected chi connectivity index (χ2v) is 13.4. The molecule has 11 nitrogen and oxygen atoms in total. The molecule has 2 N–H and O–H groups in total. The number of amidine groups is 1. The van der Waals surface area contributed by atoms with Gasteiger partial charge in [-0.25, -0.2) is 19.0 Å². The summed E-state index contributed by atoms with van der Waals surface area (Å²) in [6, 6.07) is 3.80. The minimum atomic E-state index is -1.12. The molecule has 2 aromatic rings. The van der Waals surface area contributed by atoms with E-state index in [1.807, 2.05) is 27.1 Å². The van der Waals surface area contributed by atoms with Crippen LogP contribution in [0.4, 0.5) is 9.18 Å². The monoisotopic (exact) mass is 607 g/mol. The van der Waals surface area contributed by atoms with Crippen molar-refractivity contribution in [2.45, 2.75) is 56.3 Å². The van der Waals surface area contributed by atoms with Gasteiger partial charge in [0.1, 0.15) is 11.9 Å². The summed E-state index contributed by atoms with van der Waals surface area (Å²) in [6.45, 7) is 5.89. The molecule has 1 aromatic carbocycles. The molecule has 1 aromatic heterocycles. The van der Waals surface area contributed by atoms with Crippen molar-refractivity contribution in [3.05, 3.63) is 63.0 Å². The molecule has 2 atom stereocenters. The van der Waals surface area contributed by atoms with Gasteiger partial charge in [-0.15, -0.1) is 11.3 Å². The highest BCUT2D eigenvalue weighted by atomic mass is 32.1. The predicted molar refractivity (Wildman–Crippen MR) is 157 cm³/mol. The fraction of sp³-hybridized carbons (Fsp3) is 0.500. The van der Waals surface area contributed by atoms with Crippen LogP contribution in [0.15, 0.2) is 46.0 Å². The third kappa shape index (κ3) is 4.27. The molecule has 0 radical (unpaired) electrons. The molecule has 226 valence electrons. The number of aliphatic carboxylic acids is 1. The number of aliphatic imine (C=N–C) groups is 1. The lowest BCUT2D eigenvalue weighted by atomic mass is 9.42. The lowest BCUT2D eigenvalue weighted by Gasteiger charge is -2.75. The van der Waals surface area contributed by atoms with E-state index in [1.54, 1.807) is 32.2 Å². The number of nitrogens with zero attached hydrogens (tertiary/aromatic N) is 6. The van der Waals surface area contributed by atoms with Crippen LogP contribution in [-0.4, -0.2) is 110 Å². The second-order valence-electron chi connectivity index (χ2n) is 12.5. The van der Waals surface area contributed by atoms with Crippen molar-refractivity contribution < 1.29 is 23.9 Å². The highest BCUT2D eigenvalue weighted by Crippen LogP contribution is 2.66. The van der Waals surface area contributed by atoms with Crippen LogP contribution in [0.25, 0.3) is 0 Å². The van der Waals surface area contributed by atoms with E-state index in [0.717, 1.165) is 19.3 Å². The average molecular weight is 608 g/mol. The number of benzene rings is 1. The normalized spacial score (nSPS) is 29.9. The number of carboxylic acids is 1. The Morgan fingerprint density at radius 1 is 1.23 bits per heavy atom. The lowest BCUT2D eigenvalue weighted by Crippen LogP contribution is -2.83. The third-order valence-corrected chi connectivity index (χ3v) is 10.9. The average Bonchev–Trinajstić information content (AvgIpc) is 3.57. The van der Waals surface area contributed by atoms with Crippen LogP contribution < -0.4 is 5.32 Å². The van der Waals surface area contributed by atoms with Crippen molar-refractivity contribution in [1.29, 1.82) is 0 Å². The van der Waals surface area contributed by atoms with Gasteiger partial charge in [0.05, 0.1) is 17.2 Å². The van der Waals surface area contributed by atoms with Crippen molar-refractivity contribution in [1.82, 2.24) is 29.9 Å². The van der Waals surface area contributed by atoms with Crippen LogP contribution in [0, 0.1) is 12.7 Å². The maximum absolute atomic E-state index is 14.6. The fourth-order valence-electron chi connectivity index (χ4n) is 7.76. The minimum absolute atomic E-state index is 0.0115. The van der Waals surface area contributed by atoms with Gasteiger partial charge in [0.25, 0.3) is 0 Å². The van der Waals surface area contributed by atoms with Crippen molar-refractivity contribution in [2.24, 2.45) is 4.99 Å². The smallest absolute Gasteiger partial charge is 0.335 e. The molecule has 3 aliphatic heterocycles. The largest absolute Gasteiger partial charge is 0.478 e. The molecule has 3 amide bonds. The molecule has 3 saturated carbocycles. The van der Waals surface area contributed by atoms with E-state index in [9.17, 15) is 23.9 Å². The van der Waals surface area contributed by atoms with Crippen molar-refractivity contribution in [3.8, 4) is 0 Å². The molecule has 2 bridgehead atoms. The van der Waals surface area contributed by atoms with E-state index >= 15 is 0 Å². The van der Waals surface area contributed by atoms with E-state index < -0.39 is 17.8 Å². The summed E-state index contributed by atoms with van der Waals surface area (Å²) in [5.41, 5.74) is 1.15.